The van der Waals surface area contributed by atoms with Crippen LogP contribution in [0.15, 0.2) is 39.9 Å². The second-order valence-electron chi connectivity index (χ2n) is 4.76. The third-order valence-electron chi connectivity index (χ3n) is 3.40. The normalized spacial score (nSPS) is 14.6. The predicted octanol–water partition coefficient (Wildman–Crippen LogP) is 2.22. The quantitative estimate of drug-likeness (QED) is 0.942. The van der Waals surface area contributed by atoms with Crippen molar-refractivity contribution in [2.24, 2.45) is 0 Å². The highest BCUT2D eigenvalue weighted by Crippen LogP contribution is 2.34. The van der Waals surface area contributed by atoms with Gasteiger partial charge in [0, 0.05) is 13.1 Å². The topological polar surface area (TPSA) is 49.4 Å². The van der Waals surface area contributed by atoms with E-state index in [-0.39, 0.29) is 0 Å². The van der Waals surface area contributed by atoms with Gasteiger partial charge >= 0.3 is 0 Å². The molecule has 3 rings (SSSR count). The molecule has 1 aromatic carbocycles. The Kier molecular flexibility index (Phi) is 3.54. The Labute approximate surface area is 123 Å². The summed E-state index contributed by atoms with van der Waals surface area (Å²) in [7, 11) is -1.58. The molecule has 6 heteroatoms. The summed E-state index contributed by atoms with van der Waals surface area (Å²) in [6.07, 6.45) is 0.782. The highest BCUT2D eigenvalue weighted by atomic mass is 32.2. The molecule has 0 atom stereocenters. The zero-order chi connectivity index (χ0) is 14.2. The van der Waals surface area contributed by atoms with Gasteiger partial charge in [0.25, 0.3) is 10.0 Å². The maximum atomic E-state index is 12.7. The van der Waals surface area contributed by atoms with E-state index in [9.17, 15) is 8.42 Å². The number of para-hydroxylation sites is 1. The van der Waals surface area contributed by atoms with Gasteiger partial charge in [-0.25, -0.2) is 8.42 Å². The summed E-state index contributed by atoms with van der Waals surface area (Å²) in [5.41, 5.74) is 2.92. The van der Waals surface area contributed by atoms with Crippen molar-refractivity contribution in [3.63, 3.8) is 0 Å². The van der Waals surface area contributed by atoms with Gasteiger partial charge in [0.05, 0.1) is 5.69 Å². The lowest BCUT2D eigenvalue weighted by Crippen LogP contribution is -2.28. The van der Waals surface area contributed by atoms with Gasteiger partial charge in [-0.05, 0) is 42.1 Å². The molecular formula is C14H16N2O2S2. The van der Waals surface area contributed by atoms with Gasteiger partial charge in [-0.2, -0.15) is 0 Å². The van der Waals surface area contributed by atoms with E-state index in [2.05, 4.69) is 5.32 Å². The first kappa shape index (κ1) is 13.6. The summed E-state index contributed by atoms with van der Waals surface area (Å²) in [6, 6.07) is 9.46. The molecule has 1 aliphatic heterocycles. The van der Waals surface area contributed by atoms with Crippen molar-refractivity contribution in [1.82, 2.24) is 5.32 Å². The van der Waals surface area contributed by atoms with E-state index in [1.807, 2.05) is 36.7 Å². The molecule has 0 saturated heterocycles. The highest BCUT2D eigenvalue weighted by Gasteiger charge is 2.31. The number of anilines is 1. The van der Waals surface area contributed by atoms with Crippen LogP contribution >= 0.6 is 11.3 Å². The van der Waals surface area contributed by atoms with Crippen LogP contribution in [0.2, 0.25) is 0 Å². The van der Waals surface area contributed by atoms with Gasteiger partial charge in [-0.1, -0.05) is 18.2 Å². The molecule has 0 fully saturated rings. The van der Waals surface area contributed by atoms with Crippen LogP contribution in [0.4, 0.5) is 5.69 Å². The monoisotopic (exact) mass is 308 g/mol. The van der Waals surface area contributed by atoms with E-state index < -0.39 is 10.0 Å². The zero-order valence-electron chi connectivity index (χ0n) is 11.2. The largest absolute Gasteiger partial charge is 0.316 e. The Morgan fingerprint density at radius 1 is 1.35 bits per heavy atom. The second-order valence-corrected chi connectivity index (χ2v) is 7.76. The molecule has 0 saturated carbocycles. The molecule has 0 spiro atoms. The van der Waals surface area contributed by atoms with Gasteiger partial charge in [0.15, 0.2) is 0 Å². The molecule has 4 nitrogen and oxygen atoms in total. The van der Waals surface area contributed by atoms with Gasteiger partial charge in [0.2, 0.25) is 0 Å². The van der Waals surface area contributed by atoms with Crippen molar-refractivity contribution >= 4 is 27.0 Å². The number of hydrogen-bond donors (Lipinski definition) is 1. The lowest BCUT2D eigenvalue weighted by atomic mass is 10.2. The fourth-order valence-corrected chi connectivity index (χ4v) is 5.28. The Bertz CT molecular complexity index is 722. The molecule has 0 bridgehead atoms. The van der Waals surface area contributed by atoms with Crippen LogP contribution in [0, 0.1) is 0 Å². The molecule has 1 aromatic heterocycles. The van der Waals surface area contributed by atoms with E-state index in [4.69, 9.17) is 0 Å². The number of hydrogen-bond acceptors (Lipinski definition) is 4. The lowest BCUT2D eigenvalue weighted by Gasteiger charge is -2.18. The van der Waals surface area contributed by atoms with Crippen molar-refractivity contribution in [3.05, 3.63) is 46.8 Å². The van der Waals surface area contributed by atoms with E-state index in [1.54, 1.807) is 6.07 Å². The number of thiophene rings is 1. The van der Waals surface area contributed by atoms with Crippen molar-refractivity contribution < 1.29 is 8.42 Å². The molecule has 0 amide bonds. The van der Waals surface area contributed by atoms with E-state index in [0.29, 0.717) is 17.3 Å². The third-order valence-corrected chi connectivity index (χ3v) is 6.68. The molecule has 106 valence electrons. The smallest absolute Gasteiger partial charge is 0.273 e. The number of rotatable bonds is 4. The van der Waals surface area contributed by atoms with Gasteiger partial charge < -0.3 is 5.32 Å². The van der Waals surface area contributed by atoms with E-state index >= 15 is 0 Å². The standard InChI is InChI=1S/C14H16N2O2S2/c1-15-9-11-8-14(19-10-11)20(17,18)16-7-6-12-4-2-3-5-13(12)16/h2-5,8,10,15H,6-7,9H2,1H3. The molecule has 2 aromatic rings. The van der Waals surface area contributed by atoms with E-state index in [1.165, 1.54) is 15.6 Å². The summed E-state index contributed by atoms with van der Waals surface area (Å²) in [4.78, 5) is 0. The number of nitrogens with one attached hydrogen (secondary N) is 1. The first-order chi connectivity index (χ1) is 9.63. The van der Waals surface area contributed by atoms with Crippen molar-refractivity contribution in [2.75, 3.05) is 17.9 Å². The van der Waals surface area contributed by atoms with Crippen molar-refractivity contribution in [2.45, 2.75) is 17.2 Å². The van der Waals surface area contributed by atoms with Crippen LogP contribution < -0.4 is 9.62 Å². The SMILES string of the molecule is CNCc1csc(S(=O)(=O)N2CCc3ccccc32)c1. The van der Waals surface area contributed by atoms with Crippen LogP contribution in [0.25, 0.3) is 0 Å². The van der Waals surface area contributed by atoms with Crippen LogP contribution in [-0.2, 0) is 23.0 Å². The number of benzene rings is 1. The van der Waals surface area contributed by atoms with E-state index in [0.717, 1.165) is 23.2 Å². The first-order valence-corrected chi connectivity index (χ1v) is 8.77. The average molecular weight is 308 g/mol. The van der Waals surface area contributed by atoms with Crippen LogP contribution in [0.1, 0.15) is 11.1 Å². The zero-order valence-corrected chi connectivity index (χ0v) is 12.8. The highest BCUT2D eigenvalue weighted by molar-refractivity contribution is 7.94. The number of nitrogens with zero attached hydrogens (tertiary/aromatic N) is 1. The molecule has 1 N–H and O–H groups in total. The molecule has 1 aliphatic rings. The molecule has 2 heterocycles. The van der Waals surface area contributed by atoms with Gasteiger partial charge in [-0.3, -0.25) is 4.31 Å². The minimum absolute atomic E-state index is 0.416. The summed E-state index contributed by atoms with van der Waals surface area (Å²) >= 11 is 1.29. The fraction of sp³-hybridized carbons (Fsp3) is 0.286. The first-order valence-electron chi connectivity index (χ1n) is 6.45. The molecule has 0 unspecified atom stereocenters. The third kappa shape index (κ3) is 2.24. The number of fused-ring (bicyclic) bond motifs is 1. The van der Waals surface area contributed by atoms with Crippen LogP contribution in [0.3, 0.4) is 0 Å². The fourth-order valence-electron chi connectivity index (χ4n) is 2.45. The molecule has 0 radical (unpaired) electrons. The Morgan fingerprint density at radius 3 is 2.95 bits per heavy atom. The summed E-state index contributed by atoms with van der Waals surface area (Å²) < 4.78 is 27.4. The predicted molar refractivity (Wildman–Crippen MR) is 81.8 cm³/mol. The summed E-state index contributed by atoms with van der Waals surface area (Å²) in [5, 5.41) is 4.93. The second kappa shape index (κ2) is 5.20. The van der Waals surface area contributed by atoms with Crippen LogP contribution in [-0.4, -0.2) is 22.0 Å². The molecule has 0 aliphatic carbocycles. The number of sulfonamides is 1. The average Bonchev–Trinajstić information content (AvgIpc) is 3.05. The lowest BCUT2D eigenvalue weighted by molar-refractivity contribution is 0.594. The Balaban J connectivity index is 1.96. The summed E-state index contributed by atoms with van der Waals surface area (Å²) in [6.45, 7) is 1.21. The maximum absolute atomic E-state index is 12.7. The Morgan fingerprint density at radius 2 is 2.15 bits per heavy atom. The maximum Gasteiger partial charge on any atom is 0.273 e. The molecular weight excluding hydrogens is 292 g/mol. The van der Waals surface area contributed by atoms with Gasteiger partial charge in [-0.15, -0.1) is 11.3 Å². The van der Waals surface area contributed by atoms with Crippen molar-refractivity contribution in [3.8, 4) is 0 Å². The van der Waals surface area contributed by atoms with Gasteiger partial charge in [0.1, 0.15) is 4.21 Å². The molecule has 20 heavy (non-hydrogen) atoms. The minimum Gasteiger partial charge on any atom is -0.316 e. The Hall–Kier alpha value is -1.37. The minimum atomic E-state index is -3.43. The van der Waals surface area contributed by atoms with Crippen molar-refractivity contribution in [1.29, 1.82) is 0 Å². The van der Waals surface area contributed by atoms with Crippen LogP contribution in [0.5, 0.6) is 0 Å². The summed E-state index contributed by atoms with van der Waals surface area (Å²) in [5.74, 6) is 0.